The maximum Gasteiger partial charge on any atom is 0.120 e. The summed E-state index contributed by atoms with van der Waals surface area (Å²) in [6.45, 7) is 2.04. The molecular formula is C12H12ClNO. The van der Waals surface area contributed by atoms with Gasteiger partial charge in [-0.3, -0.25) is 0 Å². The lowest BCUT2D eigenvalue weighted by molar-refractivity contribution is -0.107. The molecule has 2 nitrogen and oxygen atoms in total. The number of H-pyrrole nitrogens is 1. The van der Waals surface area contributed by atoms with E-state index in [1.54, 1.807) is 0 Å². The number of aromatic amines is 1. The minimum Gasteiger partial charge on any atom is -0.360 e. The van der Waals surface area contributed by atoms with E-state index in [1.165, 1.54) is 5.56 Å². The highest BCUT2D eigenvalue weighted by molar-refractivity contribution is 6.35. The molecule has 0 saturated carbocycles. The summed E-state index contributed by atoms with van der Waals surface area (Å²) in [5.41, 5.74) is 3.27. The van der Waals surface area contributed by atoms with Crippen LogP contribution in [0.3, 0.4) is 0 Å². The summed E-state index contributed by atoms with van der Waals surface area (Å²) in [5, 5.41) is 1.87. The van der Waals surface area contributed by atoms with Gasteiger partial charge in [-0.1, -0.05) is 11.6 Å². The van der Waals surface area contributed by atoms with Gasteiger partial charge >= 0.3 is 0 Å². The second kappa shape index (κ2) is 4.07. The molecule has 0 aliphatic heterocycles. The average Bonchev–Trinajstić information content (AvgIpc) is 2.58. The summed E-state index contributed by atoms with van der Waals surface area (Å²) < 4.78 is 0. The zero-order chi connectivity index (χ0) is 10.8. The summed E-state index contributed by atoms with van der Waals surface area (Å²) in [7, 11) is 0. The van der Waals surface area contributed by atoms with E-state index in [9.17, 15) is 4.79 Å². The largest absolute Gasteiger partial charge is 0.360 e. The first-order chi connectivity index (χ1) is 7.22. The predicted molar refractivity (Wildman–Crippen MR) is 62.4 cm³/mol. The molecule has 1 aromatic heterocycles. The van der Waals surface area contributed by atoms with Crippen molar-refractivity contribution in [1.29, 1.82) is 0 Å². The third kappa shape index (κ3) is 1.90. The van der Waals surface area contributed by atoms with Gasteiger partial charge < -0.3 is 9.78 Å². The van der Waals surface area contributed by atoms with Crippen molar-refractivity contribution in [2.24, 2.45) is 0 Å². The number of carbonyl (C=O) groups is 1. The Morgan fingerprint density at radius 1 is 1.47 bits per heavy atom. The van der Waals surface area contributed by atoms with Crippen molar-refractivity contribution in [2.45, 2.75) is 19.8 Å². The highest BCUT2D eigenvalue weighted by atomic mass is 35.5. The van der Waals surface area contributed by atoms with Crippen LogP contribution in [0.4, 0.5) is 0 Å². The van der Waals surface area contributed by atoms with E-state index < -0.39 is 0 Å². The van der Waals surface area contributed by atoms with E-state index in [2.05, 4.69) is 11.1 Å². The fraction of sp³-hybridized carbons (Fsp3) is 0.250. The fourth-order valence-electron chi connectivity index (χ4n) is 1.75. The second-order valence-corrected chi connectivity index (χ2v) is 4.08. The number of aryl methyl sites for hydroxylation is 2. The summed E-state index contributed by atoms with van der Waals surface area (Å²) >= 11 is 6.13. The van der Waals surface area contributed by atoms with E-state index in [4.69, 9.17) is 11.6 Å². The minimum absolute atomic E-state index is 0.547. The lowest BCUT2D eigenvalue weighted by Crippen LogP contribution is -1.87. The van der Waals surface area contributed by atoms with Crippen LogP contribution in [0.1, 0.15) is 17.5 Å². The number of benzene rings is 1. The molecule has 0 saturated heterocycles. The van der Waals surface area contributed by atoms with Crippen LogP contribution in [0.25, 0.3) is 10.9 Å². The number of hydrogen-bond acceptors (Lipinski definition) is 1. The van der Waals surface area contributed by atoms with Crippen LogP contribution in [0, 0.1) is 6.92 Å². The first-order valence-corrected chi connectivity index (χ1v) is 5.30. The summed E-state index contributed by atoms with van der Waals surface area (Å²) in [6, 6.07) is 4.01. The molecule has 0 unspecified atom stereocenters. The van der Waals surface area contributed by atoms with E-state index in [1.807, 2.05) is 19.2 Å². The lowest BCUT2D eigenvalue weighted by Gasteiger charge is -2.01. The van der Waals surface area contributed by atoms with Crippen molar-refractivity contribution in [3.8, 4) is 0 Å². The number of hydrogen-bond donors (Lipinski definition) is 1. The van der Waals surface area contributed by atoms with Crippen LogP contribution in [0.15, 0.2) is 18.3 Å². The number of rotatable bonds is 3. The monoisotopic (exact) mass is 221 g/mol. The van der Waals surface area contributed by atoms with Crippen LogP contribution in [-0.2, 0) is 11.2 Å². The van der Waals surface area contributed by atoms with Crippen LogP contribution in [0.5, 0.6) is 0 Å². The molecule has 2 rings (SSSR count). The molecule has 2 aromatic rings. The third-order valence-corrected chi connectivity index (χ3v) is 2.86. The number of carbonyl (C=O) groups excluding carboxylic acids is 1. The highest BCUT2D eigenvalue weighted by Crippen LogP contribution is 2.27. The maximum atomic E-state index is 10.3. The van der Waals surface area contributed by atoms with Crippen molar-refractivity contribution in [1.82, 2.24) is 4.98 Å². The number of nitrogens with one attached hydrogen (secondary N) is 1. The molecule has 1 heterocycles. The first kappa shape index (κ1) is 10.2. The van der Waals surface area contributed by atoms with Crippen molar-refractivity contribution >= 4 is 28.8 Å². The Morgan fingerprint density at radius 2 is 2.27 bits per heavy atom. The Labute approximate surface area is 93.2 Å². The minimum atomic E-state index is 0.547. The number of aldehydes is 1. The van der Waals surface area contributed by atoms with Crippen LogP contribution >= 0.6 is 11.6 Å². The van der Waals surface area contributed by atoms with Gasteiger partial charge in [0.05, 0.1) is 10.5 Å². The number of halogens is 1. The summed E-state index contributed by atoms with van der Waals surface area (Å²) in [4.78, 5) is 13.4. The van der Waals surface area contributed by atoms with Gasteiger partial charge in [0.25, 0.3) is 0 Å². The third-order valence-electron chi connectivity index (χ3n) is 2.56. The Balaban J connectivity index is 2.50. The quantitative estimate of drug-likeness (QED) is 0.793. The van der Waals surface area contributed by atoms with Gasteiger partial charge in [0.2, 0.25) is 0 Å². The van der Waals surface area contributed by atoms with Crippen LogP contribution < -0.4 is 0 Å². The smallest absolute Gasteiger partial charge is 0.120 e. The molecule has 0 amide bonds. The predicted octanol–water partition coefficient (Wildman–Crippen LogP) is 3.26. The van der Waals surface area contributed by atoms with Gasteiger partial charge in [0.15, 0.2) is 0 Å². The molecular weight excluding hydrogens is 210 g/mol. The molecule has 0 fully saturated rings. The van der Waals surface area contributed by atoms with Crippen molar-refractivity contribution in [3.05, 3.63) is 34.5 Å². The zero-order valence-corrected chi connectivity index (χ0v) is 9.27. The SMILES string of the molecule is Cc1c[nH]c2c(Cl)cc(CCC=O)cc12. The van der Waals surface area contributed by atoms with Crippen LogP contribution in [-0.4, -0.2) is 11.3 Å². The summed E-state index contributed by atoms with van der Waals surface area (Å²) in [6.07, 6.45) is 4.18. The van der Waals surface area contributed by atoms with Crippen molar-refractivity contribution in [2.75, 3.05) is 0 Å². The number of fused-ring (bicyclic) bond motifs is 1. The van der Waals surface area contributed by atoms with Crippen LogP contribution in [0.2, 0.25) is 5.02 Å². The highest BCUT2D eigenvalue weighted by Gasteiger charge is 2.05. The van der Waals surface area contributed by atoms with Crippen molar-refractivity contribution in [3.63, 3.8) is 0 Å². The Hall–Kier alpha value is -1.28. The van der Waals surface area contributed by atoms with Crippen molar-refractivity contribution < 1.29 is 4.79 Å². The number of aromatic nitrogens is 1. The Kier molecular flexibility index (Phi) is 2.78. The molecule has 0 radical (unpaired) electrons. The molecule has 0 aliphatic rings. The fourth-order valence-corrected chi connectivity index (χ4v) is 2.05. The van der Waals surface area contributed by atoms with E-state index in [0.29, 0.717) is 6.42 Å². The molecule has 3 heteroatoms. The Bertz CT molecular complexity index is 502. The van der Waals surface area contributed by atoms with E-state index in [0.717, 1.165) is 34.2 Å². The molecule has 0 aliphatic carbocycles. The molecule has 0 atom stereocenters. The molecule has 0 bridgehead atoms. The average molecular weight is 222 g/mol. The lowest BCUT2D eigenvalue weighted by atomic mass is 10.1. The van der Waals surface area contributed by atoms with Gasteiger partial charge in [-0.15, -0.1) is 0 Å². The molecule has 1 N–H and O–H groups in total. The molecule has 15 heavy (non-hydrogen) atoms. The topological polar surface area (TPSA) is 32.9 Å². The van der Waals surface area contributed by atoms with Gasteiger partial charge in [0.1, 0.15) is 6.29 Å². The zero-order valence-electron chi connectivity index (χ0n) is 8.51. The second-order valence-electron chi connectivity index (χ2n) is 3.68. The normalized spacial score (nSPS) is 10.8. The molecule has 0 spiro atoms. The van der Waals surface area contributed by atoms with E-state index in [-0.39, 0.29) is 0 Å². The van der Waals surface area contributed by atoms with E-state index >= 15 is 0 Å². The van der Waals surface area contributed by atoms with Gasteiger partial charge in [0, 0.05) is 18.0 Å². The maximum absolute atomic E-state index is 10.3. The van der Waals surface area contributed by atoms with Gasteiger partial charge in [-0.25, -0.2) is 0 Å². The Morgan fingerprint density at radius 3 is 3.00 bits per heavy atom. The van der Waals surface area contributed by atoms with Gasteiger partial charge in [-0.05, 0) is 36.6 Å². The standard InChI is InChI=1S/C12H12ClNO/c1-8-7-14-12-10(8)5-9(3-2-4-15)6-11(12)13/h4-7,14H,2-3H2,1H3. The van der Waals surface area contributed by atoms with Gasteiger partial charge in [-0.2, -0.15) is 0 Å². The summed E-state index contributed by atoms with van der Waals surface area (Å²) in [5.74, 6) is 0. The molecule has 1 aromatic carbocycles. The first-order valence-electron chi connectivity index (χ1n) is 4.92. The molecule has 78 valence electrons.